The third-order valence-corrected chi connectivity index (χ3v) is 5.49. The molecule has 0 unspecified atom stereocenters. The van der Waals surface area contributed by atoms with Crippen molar-refractivity contribution in [3.05, 3.63) is 23.9 Å². The molecule has 2 aliphatic rings. The largest absolute Gasteiger partial charge is 0.481 e. The number of fused-ring (bicyclic) bond motifs is 1. The Morgan fingerprint density at radius 2 is 2.30 bits per heavy atom. The average molecular weight is 319 g/mol. The van der Waals surface area contributed by atoms with E-state index in [1.165, 1.54) is 0 Å². The minimum atomic E-state index is -0.0558. The second-order valence-electron chi connectivity index (χ2n) is 6.71. The van der Waals surface area contributed by atoms with Gasteiger partial charge in [0.15, 0.2) is 0 Å². The van der Waals surface area contributed by atoms with E-state index in [4.69, 9.17) is 4.74 Å². The van der Waals surface area contributed by atoms with Crippen LogP contribution in [0.2, 0.25) is 0 Å². The fourth-order valence-electron chi connectivity index (χ4n) is 4.04. The van der Waals surface area contributed by atoms with Crippen LogP contribution >= 0.6 is 0 Å². The maximum atomic E-state index is 12.8. The second kappa shape index (κ2) is 6.45. The maximum Gasteiger partial charge on any atom is 0.254 e. The van der Waals surface area contributed by atoms with Crippen molar-refractivity contribution in [3.63, 3.8) is 0 Å². The Balaban J connectivity index is 1.78. The third kappa shape index (κ3) is 2.93. The molecule has 0 spiro atoms. The first-order chi connectivity index (χ1) is 11.1. The van der Waals surface area contributed by atoms with Crippen molar-refractivity contribution in [1.29, 1.82) is 0 Å². The summed E-state index contributed by atoms with van der Waals surface area (Å²) >= 11 is 0. The van der Waals surface area contributed by atoms with Crippen LogP contribution in [0.4, 0.5) is 0 Å². The molecule has 6 heteroatoms. The van der Waals surface area contributed by atoms with Gasteiger partial charge in [-0.1, -0.05) is 0 Å². The predicted molar refractivity (Wildman–Crippen MR) is 86.5 cm³/mol. The molecule has 0 saturated carbocycles. The van der Waals surface area contributed by atoms with Gasteiger partial charge in [0.05, 0.1) is 13.7 Å². The first-order valence-corrected chi connectivity index (χ1v) is 8.20. The molecular formula is C17H25N3O3. The number of carbonyl (C=O) groups excluding carboxylic acids is 1. The number of methoxy groups -OCH3 is 1. The van der Waals surface area contributed by atoms with E-state index in [1.807, 2.05) is 4.90 Å². The van der Waals surface area contributed by atoms with Crippen LogP contribution in [0.3, 0.4) is 0 Å². The Labute approximate surface area is 137 Å². The minimum Gasteiger partial charge on any atom is -0.481 e. The molecular weight excluding hydrogens is 294 g/mol. The highest BCUT2D eigenvalue weighted by atomic mass is 16.5. The standard InChI is InChI=1S/C17H25N3O3/c1-19-8-3-5-17(12-21)6-9-20(11-14(17)19)16(22)13-4-7-18-15(10-13)23-2/h4,7,10,14,21H,3,5-6,8-9,11-12H2,1-2H3/t14-,17-/m1/s1. The Morgan fingerprint density at radius 3 is 3.04 bits per heavy atom. The van der Waals surface area contributed by atoms with Crippen LogP contribution in [0.25, 0.3) is 0 Å². The van der Waals surface area contributed by atoms with E-state index < -0.39 is 0 Å². The number of hydrogen-bond donors (Lipinski definition) is 1. The molecule has 0 radical (unpaired) electrons. The van der Waals surface area contributed by atoms with Gasteiger partial charge in [0, 0.05) is 42.4 Å². The molecule has 6 nitrogen and oxygen atoms in total. The third-order valence-electron chi connectivity index (χ3n) is 5.49. The molecule has 2 aliphatic heterocycles. The zero-order chi connectivity index (χ0) is 16.4. The summed E-state index contributed by atoms with van der Waals surface area (Å²) in [6.45, 7) is 2.58. The van der Waals surface area contributed by atoms with Crippen LogP contribution < -0.4 is 4.74 Å². The average Bonchev–Trinajstić information content (AvgIpc) is 2.61. The number of piperidine rings is 2. The molecule has 1 N–H and O–H groups in total. The molecule has 2 fully saturated rings. The summed E-state index contributed by atoms with van der Waals surface area (Å²) in [5, 5.41) is 9.95. The van der Waals surface area contributed by atoms with Crippen molar-refractivity contribution in [3.8, 4) is 5.88 Å². The molecule has 2 saturated heterocycles. The van der Waals surface area contributed by atoms with Gasteiger partial charge in [-0.2, -0.15) is 0 Å². The fourth-order valence-corrected chi connectivity index (χ4v) is 4.04. The number of aromatic nitrogens is 1. The van der Waals surface area contributed by atoms with Gasteiger partial charge in [-0.25, -0.2) is 4.98 Å². The second-order valence-corrected chi connectivity index (χ2v) is 6.71. The molecule has 1 aromatic heterocycles. The van der Waals surface area contributed by atoms with Crippen molar-refractivity contribution in [2.75, 3.05) is 40.4 Å². The van der Waals surface area contributed by atoms with E-state index in [0.717, 1.165) is 25.8 Å². The first kappa shape index (κ1) is 16.2. The Kier molecular flexibility index (Phi) is 4.55. The van der Waals surface area contributed by atoms with Crippen molar-refractivity contribution in [2.45, 2.75) is 25.3 Å². The molecule has 2 atom stereocenters. The molecule has 0 aliphatic carbocycles. The number of pyridine rings is 1. The summed E-state index contributed by atoms with van der Waals surface area (Å²) in [5.74, 6) is 0.462. The van der Waals surface area contributed by atoms with Crippen LogP contribution in [-0.4, -0.2) is 72.2 Å². The number of amides is 1. The summed E-state index contributed by atoms with van der Waals surface area (Å²) in [5.41, 5.74) is 0.548. The van der Waals surface area contributed by atoms with Gasteiger partial charge >= 0.3 is 0 Å². The number of aliphatic hydroxyl groups is 1. The summed E-state index contributed by atoms with van der Waals surface area (Å²) in [6.07, 6.45) is 4.61. The van der Waals surface area contributed by atoms with E-state index in [0.29, 0.717) is 24.5 Å². The minimum absolute atomic E-state index is 0.0104. The number of likely N-dealkylation sites (tertiary alicyclic amines) is 2. The van der Waals surface area contributed by atoms with Crippen LogP contribution in [0.15, 0.2) is 18.3 Å². The van der Waals surface area contributed by atoms with Gasteiger partial charge in [0.25, 0.3) is 5.91 Å². The summed E-state index contributed by atoms with van der Waals surface area (Å²) in [6, 6.07) is 3.63. The smallest absolute Gasteiger partial charge is 0.254 e. The van der Waals surface area contributed by atoms with Crippen molar-refractivity contribution >= 4 is 5.91 Å². The van der Waals surface area contributed by atoms with Gasteiger partial charge < -0.3 is 19.6 Å². The summed E-state index contributed by atoms with van der Waals surface area (Å²) in [7, 11) is 3.64. The quantitative estimate of drug-likeness (QED) is 0.901. The number of carbonyl (C=O) groups is 1. The predicted octanol–water partition coefficient (Wildman–Crippen LogP) is 1.01. The Bertz CT molecular complexity index is 580. The van der Waals surface area contributed by atoms with Gasteiger partial charge in [-0.15, -0.1) is 0 Å². The number of likely N-dealkylation sites (N-methyl/N-ethyl adjacent to an activating group) is 1. The molecule has 0 bridgehead atoms. The van der Waals surface area contributed by atoms with Gasteiger partial charge in [-0.05, 0) is 38.9 Å². The first-order valence-electron chi connectivity index (χ1n) is 8.20. The summed E-state index contributed by atoms with van der Waals surface area (Å²) < 4.78 is 5.11. The Hall–Kier alpha value is -1.66. The van der Waals surface area contributed by atoms with Gasteiger partial charge in [-0.3, -0.25) is 4.79 Å². The molecule has 3 rings (SSSR count). The fraction of sp³-hybridized carbons (Fsp3) is 0.647. The maximum absolute atomic E-state index is 12.8. The van der Waals surface area contributed by atoms with Crippen LogP contribution in [-0.2, 0) is 0 Å². The van der Waals surface area contributed by atoms with Crippen molar-refractivity contribution in [2.24, 2.45) is 5.41 Å². The number of aliphatic hydroxyl groups excluding tert-OH is 1. The van der Waals surface area contributed by atoms with Crippen molar-refractivity contribution < 1.29 is 14.6 Å². The zero-order valence-corrected chi connectivity index (χ0v) is 13.9. The molecule has 1 amide bonds. The lowest BCUT2D eigenvalue weighted by Crippen LogP contribution is -2.62. The number of nitrogens with zero attached hydrogens (tertiary/aromatic N) is 3. The Morgan fingerprint density at radius 1 is 1.48 bits per heavy atom. The highest BCUT2D eigenvalue weighted by Crippen LogP contribution is 2.41. The van der Waals surface area contributed by atoms with E-state index in [9.17, 15) is 9.90 Å². The van der Waals surface area contributed by atoms with E-state index in [1.54, 1.807) is 25.4 Å². The number of ether oxygens (including phenoxy) is 1. The van der Waals surface area contributed by atoms with Crippen LogP contribution in [0, 0.1) is 5.41 Å². The van der Waals surface area contributed by atoms with Gasteiger partial charge in [0.2, 0.25) is 5.88 Å². The van der Waals surface area contributed by atoms with E-state index >= 15 is 0 Å². The normalized spacial score (nSPS) is 28.3. The molecule has 23 heavy (non-hydrogen) atoms. The van der Waals surface area contributed by atoms with Crippen LogP contribution in [0.5, 0.6) is 5.88 Å². The lowest BCUT2D eigenvalue weighted by molar-refractivity contribution is -0.0601. The van der Waals surface area contributed by atoms with Crippen LogP contribution in [0.1, 0.15) is 29.6 Å². The monoisotopic (exact) mass is 319 g/mol. The molecule has 126 valence electrons. The zero-order valence-electron chi connectivity index (χ0n) is 13.9. The molecule has 1 aromatic rings. The highest BCUT2D eigenvalue weighted by molar-refractivity contribution is 5.94. The SMILES string of the molecule is COc1cc(C(=O)N2CC[C@@]3(CO)CCCN(C)[C@@H]3C2)ccn1. The number of hydrogen-bond acceptors (Lipinski definition) is 5. The lowest BCUT2D eigenvalue weighted by atomic mass is 9.69. The molecule has 0 aromatic carbocycles. The highest BCUT2D eigenvalue weighted by Gasteiger charge is 2.47. The molecule has 3 heterocycles. The topological polar surface area (TPSA) is 65.9 Å². The van der Waals surface area contributed by atoms with E-state index in [-0.39, 0.29) is 24.0 Å². The number of rotatable bonds is 3. The van der Waals surface area contributed by atoms with E-state index in [2.05, 4.69) is 16.9 Å². The summed E-state index contributed by atoms with van der Waals surface area (Å²) in [4.78, 5) is 21.1. The lowest BCUT2D eigenvalue weighted by Gasteiger charge is -2.53. The van der Waals surface area contributed by atoms with Gasteiger partial charge in [0.1, 0.15) is 0 Å². The van der Waals surface area contributed by atoms with Crippen molar-refractivity contribution in [1.82, 2.24) is 14.8 Å².